The molecule has 1 aromatic heterocycles. The zero-order valence-corrected chi connectivity index (χ0v) is 15.4. The number of nitrogens with zero attached hydrogens (tertiary/aromatic N) is 4. The van der Waals surface area contributed by atoms with Crippen LogP contribution in [0, 0.1) is 16.7 Å². The van der Waals surface area contributed by atoms with Crippen LogP contribution in [-0.4, -0.2) is 34.9 Å². The van der Waals surface area contributed by atoms with Crippen LogP contribution in [0.1, 0.15) is 44.6 Å². The van der Waals surface area contributed by atoms with Crippen molar-refractivity contribution >= 4 is 5.82 Å². The quantitative estimate of drug-likeness (QED) is 0.816. The van der Waals surface area contributed by atoms with Gasteiger partial charge in [0.2, 0.25) is 0 Å². The molecule has 0 radical (unpaired) electrons. The van der Waals surface area contributed by atoms with Crippen LogP contribution in [-0.2, 0) is 18.8 Å². The highest BCUT2D eigenvalue weighted by Crippen LogP contribution is 2.56. The summed E-state index contributed by atoms with van der Waals surface area (Å²) in [5.74, 6) is 0.418. The lowest BCUT2D eigenvalue weighted by Gasteiger charge is -2.57. The van der Waals surface area contributed by atoms with Gasteiger partial charge in [-0.2, -0.15) is 5.26 Å². The van der Waals surface area contributed by atoms with Gasteiger partial charge in [0.1, 0.15) is 11.9 Å². The molecule has 7 heteroatoms. The van der Waals surface area contributed by atoms with Crippen molar-refractivity contribution in [2.45, 2.75) is 51.2 Å². The highest BCUT2D eigenvalue weighted by Gasteiger charge is 2.58. The predicted octanol–water partition coefficient (Wildman–Crippen LogP) is 1.13. The van der Waals surface area contributed by atoms with Crippen LogP contribution in [0.4, 0.5) is 5.82 Å². The number of aromatic nitrogens is 2. The van der Waals surface area contributed by atoms with E-state index in [1.54, 1.807) is 7.05 Å². The van der Waals surface area contributed by atoms with Crippen molar-refractivity contribution in [3.05, 3.63) is 26.4 Å². The number of rotatable bonds is 4. The summed E-state index contributed by atoms with van der Waals surface area (Å²) in [6.45, 7) is 2.70. The standard InChI is InChI=1S/C18H26N4O3/c1-5-25-14-10-13(18(14)8-6-7-9-18)20(2)15-12(11-19)16(23)22(4)17(24)21(15)3/h13-14H,5-10H2,1-4H3. The summed E-state index contributed by atoms with van der Waals surface area (Å²) in [5.41, 5.74) is -0.852. The number of hydrogen-bond donors (Lipinski definition) is 0. The van der Waals surface area contributed by atoms with Crippen LogP contribution in [0.25, 0.3) is 0 Å². The summed E-state index contributed by atoms with van der Waals surface area (Å²) in [7, 11) is 4.92. The normalized spacial score (nSPS) is 24.1. The third-order valence-electron chi connectivity index (χ3n) is 6.19. The summed E-state index contributed by atoms with van der Waals surface area (Å²) < 4.78 is 8.36. The van der Waals surface area contributed by atoms with Crippen LogP contribution >= 0.6 is 0 Å². The molecule has 1 spiro atoms. The molecule has 2 fully saturated rings. The average molecular weight is 346 g/mol. The maximum absolute atomic E-state index is 12.4. The first kappa shape index (κ1) is 17.7. The number of anilines is 1. The zero-order valence-electron chi connectivity index (χ0n) is 15.4. The van der Waals surface area contributed by atoms with Crippen LogP contribution in [0.2, 0.25) is 0 Å². The van der Waals surface area contributed by atoms with Gasteiger partial charge < -0.3 is 9.64 Å². The molecule has 0 bridgehead atoms. The van der Waals surface area contributed by atoms with Crippen molar-refractivity contribution in [3.63, 3.8) is 0 Å². The van der Waals surface area contributed by atoms with Gasteiger partial charge in [-0.15, -0.1) is 0 Å². The molecule has 7 nitrogen and oxygen atoms in total. The Bertz CT molecular complexity index is 826. The summed E-state index contributed by atoms with van der Waals surface area (Å²) in [5, 5.41) is 9.52. The highest BCUT2D eigenvalue weighted by atomic mass is 16.5. The minimum atomic E-state index is -0.534. The molecule has 2 aliphatic rings. The monoisotopic (exact) mass is 346 g/mol. The van der Waals surface area contributed by atoms with E-state index in [1.165, 1.54) is 24.5 Å². The fourth-order valence-electron chi connectivity index (χ4n) is 4.89. The molecule has 2 aliphatic carbocycles. The predicted molar refractivity (Wildman–Crippen MR) is 94.8 cm³/mol. The minimum absolute atomic E-state index is 0.0279. The zero-order chi connectivity index (χ0) is 18.4. The molecule has 0 aromatic carbocycles. The molecule has 0 saturated heterocycles. The molecule has 2 atom stereocenters. The summed E-state index contributed by atoms with van der Waals surface area (Å²) in [4.78, 5) is 26.7. The van der Waals surface area contributed by atoms with Gasteiger partial charge in [-0.05, 0) is 26.2 Å². The first-order chi connectivity index (χ1) is 11.9. The fraction of sp³-hybridized carbons (Fsp3) is 0.722. The molecule has 2 unspecified atom stereocenters. The van der Waals surface area contributed by atoms with Crippen molar-refractivity contribution in [1.82, 2.24) is 9.13 Å². The van der Waals surface area contributed by atoms with Crippen molar-refractivity contribution in [2.24, 2.45) is 19.5 Å². The van der Waals surface area contributed by atoms with E-state index in [4.69, 9.17) is 4.74 Å². The smallest absolute Gasteiger partial charge is 0.332 e. The second-order valence-corrected chi connectivity index (χ2v) is 7.26. The Balaban J connectivity index is 2.05. The Morgan fingerprint density at radius 2 is 1.92 bits per heavy atom. The van der Waals surface area contributed by atoms with E-state index < -0.39 is 11.2 Å². The van der Waals surface area contributed by atoms with Gasteiger partial charge >= 0.3 is 5.69 Å². The lowest BCUT2D eigenvalue weighted by Crippen LogP contribution is -2.64. The van der Waals surface area contributed by atoms with Gasteiger partial charge in [-0.3, -0.25) is 13.9 Å². The van der Waals surface area contributed by atoms with Gasteiger partial charge in [-0.1, -0.05) is 12.8 Å². The van der Waals surface area contributed by atoms with E-state index in [0.29, 0.717) is 12.4 Å². The van der Waals surface area contributed by atoms with Gasteiger partial charge in [0.25, 0.3) is 5.56 Å². The van der Waals surface area contributed by atoms with Gasteiger partial charge in [0.15, 0.2) is 5.56 Å². The first-order valence-electron chi connectivity index (χ1n) is 8.93. The maximum Gasteiger partial charge on any atom is 0.332 e. The number of ether oxygens (including phenoxy) is 1. The van der Waals surface area contributed by atoms with Crippen LogP contribution in [0.5, 0.6) is 0 Å². The van der Waals surface area contributed by atoms with E-state index in [9.17, 15) is 14.9 Å². The Labute approximate surface area is 147 Å². The van der Waals surface area contributed by atoms with Crippen LogP contribution < -0.4 is 16.1 Å². The maximum atomic E-state index is 12.4. The van der Waals surface area contributed by atoms with E-state index >= 15 is 0 Å². The molecular weight excluding hydrogens is 320 g/mol. The fourth-order valence-corrected chi connectivity index (χ4v) is 4.89. The van der Waals surface area contributed by atoms with E-state index in [0.717, 1.165) is 23.8 Å². The first-order valence-corrected chi connectivity index (χ1v) is 8.93. The summed E-state index contributed by atoms with van der Waals surface area (Å²) >= 11 is 0. The lowest BCUT2D eigenvalue weighted by molar-refractivity contribution is -0.121. The highest BCUT2D eigenvalue weighted by molar-refractivity contribution is 5.54. The van der Waals surface area contributed by atoms with Crippen molar-refractivity contribution in [2.75, 3.05) is 18.6 Å². The number of nitriles is 1. The topological polar surface area (TPSA) is 80.3 Å². The van der Waals surface area contributed by atoms with Gasteiger partial charge in [-0.25, -0.2) is 4.79 Å². The molecule has 25 heavy (non-hydrogen) atoms. The Morgan fingerprint density at radius 3 is 2.48 bits per heavy atom. The van der Waals surface area contributed by atoms with Gasteiger partial charge in [0.05, 0.1) is 6.10 Å². The lowest BCUT2D eigenvalue weighted by atomic mass is 9.60. The SMILES string of the molecule is CCOC1CC(N(C)c2c(C#N)c(=O)n(C)c(=O)n2C)C12CCCC2. The molecule has 3 rings (SSSR count). The molecule has 1 heterocycles. The average Bonchev–Trinajstić information content (AvgIpc) is 3.11. The van der Waals surface area contributed by atoms with Gasteiger partial charge in [0, 0.05) is 39.2 Å². The van der Waals surface area contributed by atoms with E-state index in [2.05, 4.69) is 0 Å². The third kappa shape index (κ3) is 2.43. The van der Waals surface area contributed by atoms with Crippen LogP contribution in [0.3, 0.4) is 0 Å². The molecule has 136 valence electrons. The van der Waals surface area contributed by atoms with Crippen LogP contribution in [0.15, 0.2) is 9.59 Å². The third-order valence-corrected chi connectivity index (χ3v) is 6.19. The van der Waals surface area contributed by atoms with E-state index in [-0.39, 0.29) is 23.1 Å². The largest absolute Gasteiger partial charge is 0.378 e. The molecule has 0 N–H and O–H groups in total. The summed E-state index contributed by atoms with van der Waals surface area (Å²) in [6, 6.07) is 2.18. The Morgan fingerprint density at radius 1 is 1.28 bits per heavy atom. The second-order valence-electron chi connectivity index (χ2n) is 7.26. The number of hydrogen-bond acceptors (Lipinski definition) is 5. The Hall–Kier alpha value is -2.07. The van der Waals surface area contributed by atoms with Crippen molar-refractivity contribution < 1.29 is 4.74 Å². The van der Waals surface area contributed by atoms with Crippen molar-refractivity contribution in [3.8, 4) is 6.07 Å². The molecule has 0 aliphatic heterocycles. The van der Waals surface area contributed by atoms with Crippen molar-refractivity contribution in [1.29, 1.82) is 5.26 Å². The second kappa shape index (κ2) is 6.34. The molecule has 0 amide bonds. The minimum Gasteiger partial charge on any atom is -0.378 e. The van der Waals surface area contributed by atoms with E-state index in [1.807, 2.05) is 24.9 Å². The molecule has 1 aromatic rings. The molecule has 2 saturated carbocycles. The summed E-state index contributed by atoms with van der Waals surface area (Å²) in [6.07, 6.45) is 5.61. The Kier molecular flexibility index (Phi) is 4.50. The molecular formula is C18H26N4O3.